The number of rotatable bonds is 4. The second-order valence-electron chi connectivity index (χ2n) is 5.63. The van der Waals surface area contributed by atoms with Gasteiger partial charge in [0.2, 0.25) is 0 Å². The van der Waals surface area contributed by atoms with Crippen molar-refractivity contribution in [3.63, 3.8) is 0 Å². The first-order valence-corrected chi connectivity index (χ1v) is 7.82. The van der Waals surface area contributed by atoms with Crippen LogP contribution in [0.4, 0.5) is 0 Å². The summed E-state index contributed by atoms with van der Waals surface area (Å²) in [4.78, 5) is 20.8. The predicted octanol–water partition coefficient (Wildman–Crippen LogP) is 2.05. The molecule has 0 radical (unpaired) electrons. The summed E-state index contributed by atoms with van der Waals surface area (Å²) in [5.41, 5.74) is 1.78. The minimum Gasteiger partial charge on any atom is -0.497 e. The zero-order chi connectivity index (χ0) is 16.1. The molecule has 3 rings (SSSR count). The normalized spacial score (nSPS) is 15.4. The van der Waals surface area contributed by atoms with Crippen LogP contribution in [0.2, 0.25) is 0 Å². The SMILES string of the molecule is COc1ccc(CN2CCN(C(=O)c3ccccn3)CC2)cc1. The van der Waals surface area contributed by atoms with Crippen LogP contribution in [-0.4, -0.2) is 54.0 Å². The molecule has 120 valence electrons. The molecular weight excluding hydrogens is 290 g/mol. The van der Waals surface area contributed by atoms with Gasteiger partial charge in [0.15, 0.2) is 0 Å². The van der Waals surface area contributed by atoms with Crippen LogP contribution in [0.3, 0.4) is 0 Å². The lowest BCUT2D eigenvalue weighted by Gasteiger charge is -2.34. The largest absolute Gasteiger partial charge is 0.497 e. The highest BCUT2D eigenvalue weighted by atomic mass is 16.5. The number of pyridine rings is 1. The Balaban J connectivity index is 1.53. The summed E-state index contributed by atoms with van der Waals surface area (Å²) in [5, 5.41) is 0. The first kappa shape index (κ1) is 15.5. The van der Waals surface area contributed by atoms with Gasteiger partial charge in [-0.05, 0) is 29.8 Å². The van der Waals surface area contributed by atoms with Crippen molar-refractivity contribution in [3.8, 4) is 5.75 Å². The molecule has 1 aromatic heterocycles. The van der Waals surface area contributed by atoms with Crippen molar-refractivity contribution < 1.29 is 9.53 Å². The molecule has 0 bridgehead atoms. The molecule has 5 heteroatoms. The van der Waals surface area contributed by atoms with Gasteiger partial charge in [0.25, 0.3) is 5.91 Å². The summed E-state index contributed by atoms with van der Waals surface area (Å²) in [6.45, 7) is 4.14. The van der Waals surface area contributed by atoms with Crippen LogP contribution < -0.4 is 4.74 Å². The van der Waals surface area contributed by atoms with E-state index in [2.05, 4.69) is 22.0 Å². The third-order valence-electron chi connectivity index (χ3n) is 4.11. The van der Waals surface area contributed by atoms with Gasteiger partial charge >= 0.3 is 0 Å². The Morgan fingerprint density at radius 1 is 1.09 bits per heavy atom. The topological polar surface area (TPSA) is 45.7 Å². The van der Waals surface area contributed by atoms with E-state index >= 15 is 0 Å². The summed E-state index contributed by atoms with van der Waals surface area (Å²) in [7, 11) is 1.67. The molecule has 2 aromatic rings. The van der Waals surface area contributed by atoms with Crippen LogP contribution in [0, 0.1) is 0 Å². The van der Waals surface area contributed by atoms with Crippen molar-refractivity contribution in [3.05, 3.63) is 59.9 Å². The van der Waals surface area contributed by atoms with Crippen molar-refractivity contribution in [1.82, 2.24) is 14.8 Å². The van der Waals surface area contributed by atoms with E-state index in [4.69, 9.17) is 4.74 Å². The monoisotopic (exact) mass is 311 g/mol. The Morgan fingerprint density at radius 3 is 2.43 bits per heavy atom. The number of piperazine rings is 1. The van der Waals surface area contributed by atoms with Crippen LogP contribution >= 0.6 is 0 Å². The van der Waals surface area contributed by atoms with Crippen LogP contribution in [0.5, 0.6) is 5.75 Å². The molecular formula is C18H21N3O2. The summed E-state index contributed by atoms with van der Waals surface area (Å²) in [6, 6.07) is 13.6. The summed E-state index contributed by atoms with van der Waals surface area (Å²) in [6.07, 6.45) is 1.66. The molecule has 0 spiro atoms. The van der Waals surface area contributed by atoms with Gasteiger partial charge in [0.1, 0.15) is 11.4 Å². The number of nitrogens with zero attached hydrogens (tertiary/aromatic N) is 3. The van der Waals surface area contributed by atoms with E-state index in [1.54, 1.807) is 19.4 Å². The number of carbonyl (C=O) groups is 1. The van der Waals surface area contributed by atoms with Gasteiger partial charge in [-0.1, -0.05) is 18.2 Å². The lowest BCUT2D eigenvalue weighted by molar-refractivity contribution is 0.0622. The molecule has 1 fully saturated rings. The van der Waals surface area contributed by atoms with Crippen molar-refractivity contribution in [2.45, 2.75) is 6.54 Å². The van der Waals surface area contributed by atoms with E-state index in [1.165, 1.54) is 5.56 Å². The Labute approximate surface area is 136 Å². The Hall–Kier alpha value is -2.40. The molecule has 2 heterocycles. The summed E-state index contributed by atoms with van der Waals surface area (Å²) < 4.78 is 5.18. The number of aromatic nitrogens is 1. The maximum Gasteiger partial charge on any atom is 0.272 e. The number of ether oxygens (including phenoxy) is 1. The van der Waals surface area contributed by atoms with Crippen LogP contribution in [0.15, 0.2) is 48.7 Å². The Morgan fingerprint density at radius 2 is 1.83 bits per heavy atom. The van der Waals surface area contributed by atoms with Crippen LogP contribution in [0.25, 0.3) is 0 Å². The highest BCUT2D eigenvalue weighted by molar-refractivity contribution is 5.92. The van der Waals surface area contributed by atoms with E-state index in [0.717, 1.165) is 38.5 Å². The molecule has 1 saturated heterocycles. The highest BCUT2D eigenvalue weighted by Crippen LogP contribution is 2.14. The van der Waals surface area contributed by atoms with Gasteiger partial charge in [0, 0.05) is 38.9 Å². The second kappa shape index (κ2) is 7.24. The van der Waals surface area contributed by atoms with E-state index < -0.39 is 0 Å². The van der Waals surface area contributed by atoms with E-state index in [1.807, 2.05) is 29.2 Å². The maximum absolute atomic E-state index is 12.4. The summed E-state index contributed by atoms with van der Waals surface area (Å²) >= 11 is 0. The van der Waals surface area contributed by atoms with Gasteiger partial charge in [-0.2, -0.15) is 0 Å². The molecule has 1 amide bonds. The van der Waals surface area contributed by atoms with E-state index in [9.17, 15) is 4.79 Å². The van der Waals surface area contributed by atoms with Crippen molar-refractivity contribution >= 4 is 5.91 Å². The third kappa shape index (κ3) is 3.87. The van der Waals surface area contributed by atoms with Gasteiger partial charge in [-0.25, -0.2) is 0 Å². The van der Waals surface area contributed by atoms with Gasteiger partial charge in [0.05, 0.1) is 7.11 Å². The standard InChI is InChI=1S/C18H21N3O2/c1-23-16-7-5-15(6-8-16)14-20-10-12-21(13-11-20)18(22)17-4-2-3-9-19-17/h2-9H,10-14H2,1H3. The van der Waals surface area contributed by atoms with Gasteiger partial charge < -0.3 is 9.64 Å². The maximum atomic E-state index is 12.4. The van der Waals surface area contributed by atoms with Crippen LogP contribution in [-0.2, 0) is 6.54 Å². The van der Waals surface area contributed by atoms with E-state index in [-0.39, 0.29) is 5.91 Å². The smallest absolute Gasteiger partial charge is 0.272 e. The zero-order valence-corrected chi connectivity index (χ0v) is 13.3. The molecule has 1 aromatic carbocycles. The lowest BCUT2D eigenvalue weighted by atomic mass is 10.2. The average molecular weight is 311 g/mol. The number of carbonyl (C=O) groups excluding carboxylic acids is 1. The quantitative estimate of drug-likeness (QED) is 0.867. The minimum absolute atomic E-state index is 0.0229. The third-order valence-corrected chi connectivity index (χ3v) is 4.11. The number of hydrogen-bond acceptors (Lipinski definition) is 4. The van der Waals surface area contributed by atoms with E-state index in [0.29, 0.717) is 5.69 Å². The fourth-order valence-corrected chi connectivity index (χ4v) is 2.75. The second-order valence-corrected chi connectivity index (χ2v) is 5.63. The van der Waals surface area contributed by atoms with Gasteiger partial charge in [-0.3, -0.25) is 14.7 Å². The fourth-order valence-electron chi connectivity index (χ4n) is 2.75. The number of benzene rings is 1. The minimum atomic E-state index is 0.0229. The number of amides is 1. The van der Waals surface area contributed by atoms with Crippen molar-refractivity contribution in [2.75, 3.05) is 33.3 Å². The molecule has 0 unspecified atom stereocenters. The Kier molecular flexibility index (Phi) is 4.88. The highest BCUT2D eigenvalue weighted by Gasteiger charge is 2.22. The molecule has 0 atom stereocenters. The molecule has 5 nitrogen and oxygen atoms in total. The first-order valence-electron chi connectivity index (χ1n) is 7.82. The molecule has 1 aliphatic heterocycles. The molecule has 0 aliphatic carbocycles. The summed E-state index contributed by atoms with van der Waals surface area (Å²) in [5.74, 6) is 0.897. The van der Waals surface area contributed by atoms with Crippen molar-refractivity contribution in [2.24, 2.45) is 0 Å². The molecule has 0 saturated carbocycles. The predicted molar refractivity (Wildman–Crippen MR) is 88.4 cm³/mol. The molecule has 23 heavy (non-hydrogen) atoms. The van der Waals surface area contributed by atoms with Gasteiger partial charge in [-0.15, -0.1) is 0 Å². The zero-order valence-electron chi connectivity index (χ0n) is 13.3. The average Bonchev–Trinajstić information content (AvgIpc) is 2.63. The first-order chi connectivity index (χ1) is 11.3. The number of hydrogen-bond donors (Lipinski definition) is 0. The molecule has 0 N–H and O–H groups in total. The molecule has 1 aliphatic rings. The van der Waals surface area contributed by atoms with Crippen LogP contribution in [0.1, 0.15) is 16.1 Å². The van der Waals surface area contributed by atoms with Crippen molar-refractivity contribution in [1.29, 1.82) is 0 Å². The fraction of sp³-hybridized carbons (Fsp3) is 0.333. The lowest BCUT2D eigenvalue weighted by Crippen LogP contribution is -2.48. The Bertz CT molecular complexity index is 635. The number of methoxy groups -OCH3 is 1.